The average Bonchev–Trinajstić information content (AvgIpc) is 2.08. The summed E-state index contributed by atoms with van der Waals surface area (Å²) in [6.07, 6.45) is 0.618. The number of halogens is 4. The minimum Gasteiger partial charge on any atom is -0.261 e. The van der Waals surface area contributed by atoms with Crippen LogP contribution in [0.2, 0.25) is 0 Å². The first kappa shape index (κ1) is 10.8. The Balaban J connectivity index is 3.18. The molecule has 1 rings (SSSR count). The monoisotopic (exact) mass is 245 g/mol. The highest BCUT2D eigenvalue weighted by Crippen LogP contribution is 2.41. The minimum absolute atomic E-state index is 0.0294. The Kier molecular flexibility index (Phi) is 2.85. The molecule has 7 heteroatoms. The van der Waals surface area contributed by atoms with Gasteiger partial charge in [-0.3, -0.25) is 10.1 Å². The Morgan fingerprint density at radius 2 is 2.08 bits per heavy atom. The third kappa shape index (κ3) is 1.66. The molecule has 3 nitrogen and oxygen atoms in total. The van der Waals surface area contributed by atoms with E-state index >= 15 is 0 Å². The van der Waals surface area contributed by atoms with E-state index in [4.69, 9.17) is 34.8 Å². The highest BCUT2D eigenvalue weighted by molar-refractivity contribution is 6.48. The number of hydrogen-bond donors (Lipinski definition) is 0. The number of nitrogens with zero attached hydrogens (tertiary/aromatic N) is 1. The van der Waals surface area contributed by atoms with Gasteiger partial charge < -0.3 is 0 Å². The van der Waals surface area contributed by atoms with Crippen molar-refractivity contribution in [3.63, 3.8) is 0 Å². The van der Waals surface area contributed by atoms with Crippen LogP contribution in [0.3, 0.4) is 0 Å². The standard InChI is InChI=1S/C6H3Cl3FNO2/c7-3-1-2-6(10,11(12)13)5(9)4(3)8/h1H,2H2. The first-order valence-corrected chi connectivity index (χ1v) is 4.28. The van der Waals surface area contributed by atoms with Gasteiger partial charge in [0.05, 0.1) is 21.4 Å². The van der Waals surface area contributed by atoms with E-state index in [1.807, 2.05) is 0 Å². The molecule has 0 N–H and O–H groups in total. The van der Waals surface area contributed by atoms with Gasteiger partial charge in [0.1, 0.15) is 5.03 Å². The highest BCUT2D eigenvalue weighted by Gasteiger charge is 2.49. The SMILES string of the molecule is O=[N+]([O-])C1(F)CC=C(Cl)C(Cl)=C1Cl. The molecule has 0 aromatic carbocycles. The normalized spacial score (nSPS) is 28.8. The second-order valence-corrected chi connectivity index (χ2v) is 3.56. The van der Waals surface area contributed by atoms with Crippen LogP contribution in [0.5, 0.6) is 0 Å². The summed E-state index contributed by atoms with van der Waals surface area (Å²) < 4.78 is 13.4. The Morgan fingerprint density at radius 3 is 2.54 bits per heavy atom. The summed E-state index contributed by atoms with van der Waals surface area (Å²) >= 11 is 16.3. The minimum atomic E-state index is -2.84. The van der Waals surface area contributed by atoms with Crippen molar-refractivity contribution in [2.24, 2.45) is 0 Å². The predicted molar refractivity (Wildman–Crippen MR) is 48.1 cm³/mol. The largest absolute Gasteiger partial charge is 0.399 e. The summed E-state index contributed by atoms with van der Waals surface area (Å²) in [5.74, 6) is -2.84. The Hall–Kier alpha value is -0.320. The fraction of sp³-hybridized carbons (Fsp3) is 0.333. The lowest BCUT2D eigenvalue weighted by molar-refractivity contribution is -0.590. The Labute approximate surface area is 87.9 Å². The van der Waals surface area contributed by atoms with Gasteiger partial charge in [-0.2, -0.15) is 4.39 Å². The van der Waals surface area contributed by atoms with Crippen molar-refractivity contribution in [2.75, 3.05) is 0 Å². The molecule has 0 heterocycles. The Bertz CT molecular complexity index is 328. The van der Waals surface area contributed by atoms with Crippen molar-refractivity contribution in [1.82, 2.24) is 0 Å². The number of hydrogen-bond acceptors (Lipinski definition) is 2. The van der Waals surface area contributed by atoms with E-state index in [2.05, 4.69) is 0 Å². The third-order valence-corrected chi connectivity index (χ3v) is 2.99. The quantitative estimate of drug-likeness (QED) is 0.405. The summed E-state index contributed by atoms with van der Waals surface area (Å²) in [6, 6.07) is 0. The van der Waals surface area contributed by atoms with Gasteiger partial charge in [-0.05, 0) is 0 Å². The topological polar surface area (TPSA) is 43.1 Å². The molecule has 0 bridgehead atoms. The summed E-state index contributed by atoms with van der Waals surface area (Å²) in [6.45, 7) is 0. The van der Waals surface area contributed by atoms with Crippen molar-refractivity contribution in [3.8, 4) is 0 Å². The number of rotatable bonds is 1. The van der Waals surface area contributed by atoms with Crippen LogP contribution in [0.25, 0.3) is 0 Å². The maximum atomic E-state index is 13.4. The number of nitro groups is 1. The van der Waals surface area contributed by atoms with Crippen molar-refractivity contribution in [2.45, 2.75) is 12.2 Å². The van der Waals surface area contributed by atoms with Gasteiger partial charge in [-0.15, -0.1) is 0 Å². The lowest BCUT2D eigenvalue weighted by Gasteiger charge is -2.19. The molecule has 0 spiro atoms. The van der Waals surface area contributed by atoms with Crippen LogP contribution in [0.1, 0.15) is 6.42 Å². The van der Waals surface area contributed by atoms with Crippen LogP contribution < -0.4 is 0 Å². The van der Waals surface area contributed by atoms with Crippen molar-refractivity contribution < 1.29 is 9.31 Å². The van der Waals surface area contributed by atoms with Gasteiger partial charge in [0.25, 0.3) is 0 Å². The van der Waals surface area contributed by atoms with Crippen LogP contribution in [0, 0.1) is 10.1 Å². The van der Waals surface area contributed by atoms with Crippen LogP contribution in [0.4, 0.5) is 4.39 Å². The number of alkyl halides is 1. The van der Waals surface area contributed by atoms with Gasteiger partial charge >= 0.3 is 5.79 Å². The third-order valence-electron chi connectivity index (χ3n) is 1.58. The molecule has 1 aliphatic rings. The maximum absolute atomic E-state index is 13.4. The molecule has 0 radical (unpaired) electrons. The molecule has 0 fully saturated rings. The van der Waals surface area contributed by atoms with Crippen LogP contribution >= 0.6 is 34.8 Å². The summed E-state index contributed by atoms with van der Waals surface area (Å²) in [7, 11) is 0. The van der Waals surface area contributed by atoms with Crippen molar-refractivity contribution in [1.29, 1.82) is 0 Å². The lowest BCUT2D eigenvalue weighted by atomic mass is 10.1. The van der Waals surface area contributed by atoms with Crippen LogP contribution in [-0.4, -0.2) is 10.7 Å². The van der Waals surface area contributed by atoms with Gasteiger partial charge in [-0.25, -0.2) is 0 Å². The summed E-state index contributed by atoms with van der Waals surface area (Å²) in [5, 5.41) is 9.36. The molecule has 72 valence electrons. The fourth-order valence-electron chi connectivity index (χ4n) is 0.832. The molecule has 0 aromatic rings. The molecule has 0 aliphatic heterocycles. The molecular weight excluding hydrogens is 243 g/mol. The lowest BCUT2D eigenvalue weighted by Crippen LogP contribution is -2.35. The molecule has 0 amide bonds. The van der Waals surface area contributed by atoms with E-state index < -0.39 is 22.2 Å². The molecule has 1 unspecified atom stereocenters. The molecule has 1 atom stereocenters. The molecule has 13 heavy (non-hydrogen) atoms. The summed E-state index contributed by atoms with van der Waals surface area (Å²) in [5.41, 5.74) is 0. The summed E-state index contributed by atoms with van der Waals surface area (Å²) in [4.78, 5) is 9.19. The molecule has 1 aliphatic carbocycles. The first-order chi connectivity index (χ1) is 5.89. The van der Waals surface area contributed by atoms with Crippen molar-refractivity contribution in [3.05, 3.63) is 31.3 Å². The van der Waals surface area contributed by atoms with Gasteiger partial charge in [0.2, 0.25) is 0 Å². The Morgan fingerprint density at radius 1 is 1.54 bits per heavy atom. The van der Waals surface area contributed by atoms with E-state index in [-0.39, 0.29) is 10.1 Å². The van der Waals surface area contributed by atoms with E-state index in [1.165, 1.54) is 0 Å². The zero-order valence-electron chi connectivity index (χ0n) is 6.06. The molecular formula is C6H3Cl3FNO2. The molecule has 0 aromatic heterocycles. The van der Waals surface area contributed by atoms with Crippen LogP contribution in [0.15, 0.2) is 21.2 Å². The number of allylic oxidation sites excluding steroid dienone is 2. The van der Waals surface area contributed by atoms with Gasteiger partial charge in [-0.1, -0.05) is 40.9 Å². The fourth-order valence-corrected chi connectivity index (χ4v) is 1.52. The maximum Gasteiger partial charge on any atom is 0.399 e. The van der Waals surface area contributed by atoms with E-state index in [0.29, 0.717) is 0 Å². The highest BCUT2D eigenvalue weighted by atomic mass is 35.5. The van der Waals surface area contributed by atoms with Gasteiger partial charge in [0.15, 0.2) is 0 Å². The van der Waals surface area contributed by atoms with E-state index in [9.17, 15) is 14.5 Å². The van der Waals surface area contributed by atoms with Crippen molar-refractivity contribution >= 4 is 34.8 Å². The molecule has 0 saturated carbocycles. The second kappa shape index (κ2) is 3.44. The van der Waals surface area contributed by atoms with Crippen LogP contribution in [-0.2, 0) is 0 Å². The van der Waals surface area contributed by atoms with Gasteiger partial charge in [0, 0.05) is 0 Å². The predicted octanol–water partition coefficient (Wildman–Crippen LogP) is 3.14. The van der Waals surface area contributed by atoms with E-state index in [0.717, 1.165) is 6.08 Å². The van der Waals surface area contributed by atoms with E-state index in [1.54, 1.807) is 0 Å². The first-order valence-electron chi connectivity index (χ1n) is 3.15. The smallest absolute Gasteiger partial charge is 0.261 e. The second-order valence-electron chi connectivity index (χ2n) is 2.40. The average molecular weight is 246 g/mol. The zero-order chi connectivity index (χ0) is 10.2. The zero-order valence-corrected chi connectivity index (χ0v) is 8.33. The molecule has 0 saturated heterocycles.